The van der Waals surface area contributed by atoms with Crippen LogP contribution in [0.15, 0.2) is 35.2 Å². The Morgan fingerprint density at radius 1 is 1.32 bits per heavy atom. The van der Waals surface area contributed by atoms with Crippen molar-refractivity contribution in [3.63, 3.8) is 0 Å². The molecule has 0 fully saturated rings. The second-order valence-electron chi connectivity index (χ2n) is 4.17. The maximum atomic E-state index is 13.5. The number of rotatable bonds is 4. The third-order valence-electron chi connectivity index (χ3n) is 2.69. The lowest BCUT2D eigenvalue weighted by molar-refractivity contribution is 0.102. The lowest BCUT2D eigenvalue weighted by Gasteiger charge is -2.03. The molecule has 5 heteroatoms. The van der Waals surface area contributed by atoms with Crippen LogP contribution in [-0.4, -0.2) is 15.7 Å². The number of hydrogen-bond donors (Lipinski definition) is 0. The van der Waals surface area contributed by atoms with Crippen LogP contribution >= 0.6 is 11.3 Å². The van der Waals surface area contributed by atoms with Gasteiger partial charge in [-0.05, 0) is 32.0 Å². The first-order chi connectivity index (χ1) is 8.99. The molecule has 0 bridgehead atoms. The van der Waals surface area contributed by atoms with Crippen molar-refractivity contribution < 1.29 is 13.4 Å². The molecule has 0 amide bonds. The molecular weight excluding hydrogens is 283 g/mol. The van der Waals surface area contributed by atoms with Crippen molar-refractivity contribution in [3.8, 4) is 0 Å². The van der Waals surface area contributed by atoms with Gasteiger partial charge < -0.3 is 0 Å². The van der Waals surface area contributed by atoms with E-state index in [1.807, 2.05) is 13.8 Å². The molecule has 100 valence electrons. The number of aryl methyl sites for hydroxylation is 2. The Bertz CT molecular complexity index is 647. The first kappa shape index (κ1) is 14.1. The zero-order chi connectivity index (χ0) is 14.0. The molecule has 2 rings (SSSR count). The first-order valence-corrected chi connectivity index (χ1v) is 7.85. The molecule has 1 aromatic heterocycles. The predicted octanol–water partition coefficient (Wildman–Crippen LogP) is 3.49. The Morgan fingerprint density at radius 2 is 2.00 bits per heavy atom. The van der Waals surface area contributed by atoms with Gasteiger partial charge in [0.05, 0.1) is 21.4 Å². The largest absolute Gasteiger partial charge is 0.293 e. The van der Waals surface area contributed by atoms with Gasteiger partial charge in [-0.1, -0.05) is 12.1 Å². The summed E-state index contributed by atoms with van der Waals surface area (Å²) in [5.74, 6) is -0.923. The third kappa shape index (κ3) is 3.16. The van der Waals surface area contributed by atoms with Gasteiger partial charge in [0, 0.05) is 15.3 Å². The second kappa shape index (κ2) is 5.75. The third-order valence-corrected chi connectivity index (χ3v) is 5.00. The summed E-state index contributed by atoms with van der Waals surface area (Å²) < 4.78 is 25.5. The minimum Gasteiger partial charge on any atom is -0.293 e. The molecule has 0 saturated heterocycles. The van der Waals surface area contributed by atoms with Crippen molar-refractivity contribution in [1.82, 2.24) is 0 Å². The molecule has 2 nitrogen and oxygen atoms in total. The van der Waals surface area contributed by atoms with Gasteiger partial charge >= 0.3 is 0 Å². The lowest BCUT2D eigenvalue weighted by atomic mass is 10.2. The van der Waals surface area contributed by atoms with Gasteiger partial charge in [0.2, 0.25) is 0 Å². The number of Topliss-reactive ketones (excluding diaryl/α,β-unsaturated/α-hetero) is 1. The molecule has 0 aliphatic rings. The summed E-state index contributed by atoms with van der Waals surface area (Å²) in [4.78, 5) is 14.1. The predicted molar refractivity (Wildman–Crippen MR) is 75.8 cm³/mol. The van der Waals surface area contributed by atoms with Gasteiger partial charge in [-0.2, -0.15) is 0 Å². The number of carbonyl (C=O) groups excluding carboxylic acids is 1. The van der Waals surface area contributed by atoms with E-state index >= 15 is 0 Å². The quantitative estimate of drug-likeness (QED) is 0.809. The zero-order valence-corrected chi connectivity index (χ0v) is 12.2. The van der Waals surface area contributed by atoms with Gasteiger partial charge in [0.1, 0.15) is 5.82 Å². The van der Waals surface area contributed by atoms with Gasteiger partial charge in [-0.15, -0.1) is 11.3 Å². The summed E-state index contributed by atoms with van der Waals surface area (Å²) >= 11 is 1.53. The van der Waals surface area contributed by atoms with E-state index in [9.17, 15) is 13.4 Å². The molecule has 1 unspecified atom stereocenters. The summed E-state index contributed by atoms with van der Waals surface area (Å²) in [7, 11) is -1.64. The molecule has 0 saturated carbocycles. The monoisotopic (exact) mass is 296 g/mol. The van der Waals surface area contributed by atoms with Crippen LogP contribution < -0.4 is 0 Å². The van der Waals surface area contributed by atoms with E-state index in [4.69, 9.17) is 0 Å². The minimum absolute atomic E-state index is 0.0838. The van der Waals surface area contributed by atoms with Crippen molar-refractivity contribution in [2.75, 3.05) is 5.75 Å². The summed E-state index contributed by atoms with van der Waals surface area (Å²) in [5, 5.41) is 0. The molecule has 0 spiro atoms. The summed E-state index contributed by atoms with van der Waals surface area (Å²) in [6.07, 6.45) is 0. The normalized spacial score (nSPS) is 12.4. The van der Waals surface area contributed by atoms with Crippen molar-refractivity contribution in [2.45, 2.75) is 18.7 Å². The molecule has 19 heavy (non-hydrogen) atoms. The average molecular weight is 296 g/mol. The topological polar surface area (TPSA) is 34.1 Å². The Hall–Kier alpha value is -1.33. The first-order valence-electron chi connectivity index (χ1n) is 5.72. The van der Waals surface area contributed by atoms with E-state index in [-0.39, 0.29) is 16.4 Å². The van der Waals surface area contributed by atoms with Gasteiger partial charge in [-0.25, -0.2) is 4.39 Å². The van der Waals surface area contributed by atoms with Crippen molar-refractivity contribution in [3.05, 3.63) is 51.5 Å². The fourth-order valence-corrected chi connectivity index (χ4v) is 3.82. The highest BCUT2D eigenvalue weighted by Crippen LogP contribution is 2.22. The van der Waals surface area contributed by atoms with Gasteiger partial charge in [0.25, 0.3) is 0 Å². The minimum atomic E-state index is -1.64. The average Bonchev–Trinajstić information content (AvgIpc) is 2.69. The fourth-order valence-electron chi connectivity index (χ4n) is 1.81. The molecule has 0 aliphatic heterocycles. The van der Waals surface area contributed by atoms with Crippen LogP contribution in [0.5, 0.6) is 0 Å². The van der Waals surface area contributed by atoms with E-state index in [1.165, 1.54) is 29.5 Å². The van der Waals surface area contributed by atoms with E-state index in [1.54, 1.807) is 12.1 Å². The second-order valence-corrected chi connectivity index (χ2v) is 7.05. The molecule has 0 aliphatic carbocycles. The van der Waals surface area contributed by atoms with Crippen molar-refractivity contribution >= 4 is 27.9 Å². The molecule has 1 atom stereocenters. The summed E-state index contributed by atoms with van der Waals surface area (Å²) in [6.45, 7) is 3.78. The van der Waals surface area contributed by atoms with Crippen LogP contribution in [0.25, 0.3) is 0 Å². The molecule has 1 aromatic carbocycles. The van der Waals surface area contributed by atoms with Crippen LogP contribution in [-0.2, 0) is 10.8 Å². The number of benzene rings is 1. The smallest absolute Gasteiger partial charge is 0.176 e. The summed E-state index contributed by atoms with van der Waals surface area (Å²) in [6, 6.07) is 7.63. The van der Waals surface area contributed by atoms with Gasteiger partial charge in [-0.3, -0.25) is 9.00 Å². The lowest BCUT2D eigenvalue weighted by Crippen LogP contribution is -2.12. The van der Waals surface area contributed by atoms with Crippen molar-refractivity contribution in [1.29, 1.82) is 0 Å². The molecule has 2 aromatic rings. The Kier molecular flexibility index (Phi) is 4.27. The highest BCUT2D eigenvalue weighted by atomic mass is 32.2. The van der Waals surface area contributed by atoms with Crippen LogP contribution in [0.3, 0.4) is 0 Å². The number of carbonyl (C=O) groups is 1. The number of halogens is 1. The fraction of sp³-hybridized carbons (Fsp3) is 0.214. The summed E-state index contributed by atoms with van der Waals surface area (Å²) in [5.41, 5.74) is 0.590. The SMILES string of the molecule is Cc1cc(C(=O)CS(=O)c2ccccc2F)c(C)s1. The molecule has 0 radical (unpaired) electrons. The molecular formula is C14H13FO2S2. The van der Waals surface area contributed by atoms with E-state index in [0.29, 0.717) is 5.56 Å². The Balaban J connectivity index is 2.18. The number of thiophene rings is 1. The Labute approximate surface area is 117 Å². The maximum Gasteiger partial charge on any atom is 0.176 e. The van der Waals surface area contributed by atoms with Gasteiger partial charge in [0.15, 0.2) is 5.78 Å². The van der Waals surface area contributed by atoms with E-state index in [2.05, 4.69) is 0 Å². The van der Waals surface area contributed by atoms with E-state index in [0.717, 1.165) is 9.75 Å². The van der Waals surface area contributed by atoms with Crippen LogP contribution in [0.4, 0.5) is 4.39 Å². The molecule has 0 N–H and O–H groups in total. The zero-order valence-electron chi connectivity index (χ0n) is 10.6. The number of hydrogen-bond acceptors (Lipinski definition) is 3. The Morgan fingerprint density at radius 3 is 2.58 bits per heavy atom. The molecule has 1 heterocycles. The van der Waals surface area contributed by atoms with Crippen LogP contribution in [0.1, 0.15) is 20.1 Å². The van der Waals surface area contributed by atoms with Crippen LogP contribution in [0, 0.1) is 19.7 Å². The number of ketones is 1. The highest BCUT2D eigenvalue weighted by molar-refractivity contribution is 7.85. The van der Waals surface area contributed by atoms with Crippen LogP contribution in [0.2, 0.25) is 0 Å². The standard InChI is InChI=1S/C14H13FO2S2/c1-9-7-11(10(2)18-9)13(16)8-19(17)14-6-4-3-5-12(14)15/h3-7H,8H2,1-2H3. The van der Waals surface area contributed by atoms with Crippen molar-refractivity contribution in [2.24, 2.45) is 0 Å². The maximum absolute atomic E-state index is 13.5. The van der Waals surface area contributed by atoms with E-state index < -0.39 is 16.6 Å². The highest BCUT2D eigenvalue weighted by Gasteiger charge is 2.17.